The van der Waals surface area contributed by atoms with Gasteiger partial charge in [-0.05, 0) is 24.3 Å². The normalized spacial score (nSPS) is 10.8. The minimum Gasteiger partial charge on any atom is -0.464 e. The summed E-state index contributed by atoms with van der Waals surface area (Å²) in [4.78, 5) is 24.1. The molecule has 0 spiro atoms. The fourth-order valence-electron chi connectivity index (χ4n) is 2.88. The molecule has 2 aromatic heterocycles. The first-order valence-electron chi connectivity index (χ1n) is 7.52. The number of aldehydes is 1. The van der Waals surface area contributed by atoms with E-state index in [9.17, 15) is 9.59 Å². The molecule has 0 saturated carbocycles. The topological polar surface area (TPSA) is 52.2 Å². The molecule has 4 nitrogen and oxygen atoms in total. The first-order valence-corrected chi connectivity index (χ1v) is 7.52. The number of carbonyl (C=O) groups is 2. The first kappa shape index (κ1) is 14.2. The highest BCUT2D eigenvalue weighted by Crippen LogP contribution is 2.33. The van der Waals surface area contributed by atoms with Crippen molar-refractivity contribution in [1.29, 1.82) is 0 Å². The minimum atomic E-state index is -0.128. The number of aromatic nitrogens is 1. The Morgan fingerprint density at radius 1 is 0.958 bits per heavy atom. The highest BCUT2D eigenvalue weighted by Gasteiger charge is 2.19. The molecule has 0 aliphatic carbocycles. The molecule has 0 N–H and O–H groups in total. The van der Waals surface area contributed by atoms with Crippen molar-refractivity contribution in [3.63, 3.8) is 0 Å². The number of hydrogen-bond acceptors (Lipinski definition) is 3. The number of furan rings is 1. The number of hydrogen-bond donors (Lipinski definition) is 0. The standard InChI is InChI=1S/C20H13NO3/c22-13-15-10-11-24-19(15)17-12-21(18-9-5-4-8-16(17)18)20(23)14-6-2-1-3-7-14/h1-13H. The third-order valence-electron chi connectivity index (χ3n) is 4.02. The molecule has 116 valence electrons. The molecule has 4 aromatic rings. The fraction of sp³-hybridized carbons (Fsp3) is 0. The molecule has 4 heteroatoms. The SMILES string of the molecule is O=Cc1ccoc1-c1cn(C(=O)c2ccccc2)c2ccccc12. The summed E-state index contributed by atoms with van der Waals surface area (Å²) in [6.45, 7) is 0. The van der Waals surface area contributed by atoms with Gasteiger partial charge in [0.1, 0.15) is 5.76 Å². The van der Waals surface area contributed by atoms with Crippen LogP contribution in [0.1, 0.15) is 20.7 Å². The van der Waals surface area contributed by atoms with Gasteiger partial charge in [-0.3, -0.25) is 14.2 Å². The maximum absolute atomic E-state index is 12.9. The maximum atomic E-state index is 12.9. The summed E-state index contributed by atoms with van der Waals surface area (Å²) in [5, 5.41) is 0.861. The fourth-order valence-corrected chi connectivity index (χ4v) is 2.88. The Hall–Kier alpha value is -3.40. The Kier molecular flexibility index (Phi) is 3.35. The van der Waals surface area contributed by atoms with E-state index in [4.69, 9.17) is 4.42 Å². The monoisotopic (exact) mass is 315 g/mol. The molecule has 4 rings (SSSR count). The summed E-state index contributed by atoms with van der Waals surface area (Å²) >= 11 is 0. The lowest BCUT2D eigenvalue weighted by Crippen LogP contribution is -2.10. The van der Waals surface area contributed by atoms with Crippen LogP contribution >= 0.6 is 0 Å². The lowest BCUT2D eigenvalue weighted by atomic mass is 10.1. The zero-order chi connectivity index (χ0) is 16.5. The maximum Gasteiger partial charge on any atom is 0.262 e. The average Bonchev–Trinajstić information content (AvgIpc) is 3.26. The van der Waals surface area contributed by atoms with Gasteiger partial charge in [0.25, 0.3) is 5.91 Å². The van der Waals surface area contributed by atoms with Crippen molar-refractivity contribution in [2.24, 2.45) is 0 Å². The molecule has 0 saturated heterocycles. The van der Waals surface area contributed by atoms with E-state index in [2.05, 4.69) is 0 Å². The van der Waals surface area contributed by atoms with Gasteiger partial charge in [-0.1, -0.05) is 36.4 Å². The van der Waals surface area contributed by atoms with Gasteiger partial charge in [0.15, 0.2) is 6.29 Å². The van der Waals surface area contributed by atoms with Crippen LogP contribution in [0.15, 0.2) is 77.5 Å². The second-order valence-electron chi connectivity index (χ2n) is 5.42. The quantitative estimate of drug-likeness (QED) is 0.526. The van der Waals surface area contributed by atoms with Gasteiger partial charge in [-0.2, -0.15) is 0 Å². The number of fused-ring (bicyclic) bond motifs is 1. The highest BCUT2D eigenvalue weighted by molar-refractivity contribution is 6.07. The van der Waals surface area contributed by atoms with Crippen LogP contribution in [0.2, 0.25) is 0 Å². The zero-order valence-corrected chi connectivity index (χ0v) is 12.7. The van der Waals surface area contributed by atoms with E-state index in [1.807, 2.05) is 42.5 Å². The van der Waals surface area contributed by atoms with Crippen LogP contribution in [0.5, 0.6) is 0 Å². The molecule has 0 bridgehead atoms. The van der Waals surface area contributed by atoms with Gasteiger partial charge in [0.2, 0.25) is 0 Å². The predicted molar refractivity (Wildman–Crippen MR) is 91.2 cm³/mol. The van der Waals surface area contributed by atoms with Crippen LogP contribution in [0.25, 0.3) is 22.2 Å². The molecule has 24 heavy (non-hydrogen) atoms. The Balaban J connectivity index is 1.95. The van der Waals surface area contributed by atoms with Gasteiger partial charge in [-0.25, -0.2) is 0 Å². The van der Waals surface area contributed by atoms with Crippen molar-refractivity contribution >= 4 is 23.1 Å². The predicted octanol–water partition coefficient (Wildman–Crippen LogP) is 4.40. The Labute approximate surface area is 137 Å². The van der Waals surface area contributed by atoms with Crippen molar-refractivity contribution in [3.05, 3.63) is 84.3 Å². The molecule has 0 unspecified atom stereocenters. The van der Waals surface area contributed by atoms with Crippen LogP contribution in [-0.4, -0.2) is 16.8 Å². The summed E-state index contributed by atoms with van der Waals surface area (Å²) in [5.41, 5.74) is 2.56. The largest absolute Gasteiger partial charge is 0.464 e. The Morgan fingerprint density at radius 2 is 1.71 bits per heavy atom. The summed E-state index contributed by atoms with van der Waals surface area (Å²) in [6, 6.07) is 18.3. The van der Waals surface area contributed by atoms with E-state index >= 15 is 0 Å². The Morgan fingerprint density at radius 3 is 2.50 bits per heavy atom. The van der Waals surface area contributed by atoms with Crippen molar-refractivity contribution < 1.29 is 14.0 Å². The van der Waals surface area contributed by atoms with Crippen LogP contribution in [0.4, 0.5) is 0 Å². The Bertz CT molecular complexity index is 1040. The van der Waals surface area contributed by atoms with Crippen molar-refractivity contribution in [3.8, 4) is 11.3 Å². The summed E-state index contributed by atoms with van der Waals surface area (Å²) < 4.78 is 7.09. The number of benzene rings is 2. The van der Waals surface area contributed by atoms with E-state index < -0.39 is 0 Å². The van der Waals surface area contributed by atoms with Gasteiger partial charge < -0.3 is 4.42 Å². The number of para-hydroxylation sites is 1. The van der Waals surface area contributed by atoms with E-state index in [-0.39, 0.29) is 5.91 Å². The minimum absolute atomic E-state index is 0.128. The molecule has 0 aliphatic heterocycles. The average molecular weight is 315 g/mol. The lowest BCUT2D eigenvalue weighted by Gasteiger charge is -2.03. The van der Waals surface area contributed by atoms with Crippen LogP contribution in [0.3, 0.4) is 0 Å². The van der Waals surface area contributed by atoms with Crippen LogP contribution in [0, 0.1) is 0 Å². The van der Waals surface area contributed by atoms with Crippen molar-refractivity contribution in [2.75, 3.05) is 0 Å². The number of rotatable bonds is 3. The third kappa shape index (κ3) is 2.16. The number of nitrogens with zero attached hydrogens (tertiary/aromatic N) is 1. The van der Waals surface area contributed by atoms with E-state index in [1.165, 1.54) is 6.26 Å². The van der Waals surface area contributed by atoms with Crippen molar-refractivity contribution in [2.45, 2.75) is 0 Å². The van der Waals surface area contributed by atoms with Crippen LogP contribution < -0.4 is 0 Å². The van der Waals surface area contributed by atoms with Gasteiger partial charge in [-0.15, -0.1) is 0 Å². The smallest absolute Gasteiger partial charge is 0.262 e. The van der Waals surface area contributed by atoms with Gasteiger partial charge >= 0.3 is 0 Å². The van der Waals surface area contributed by atoms with E-state index in [0.29, 0.717) is 16.9 Å². The van der Waals surface area contributed by atoms with Crippen molar-refractivity contribution in [1.82, 2.24) is 4.57 Å². The second kappa shape index (κ2) is 5.66. The number of carbonyl (C=O) groups excluding carboxylic acids is 2. The van der Waals surface area contributed by atoms with Crippen LogP contribution in [-0.2, 0) is 0 Å². The molecule has 2 heterocycles. The molecule has 0 atom stereocenters. The van der Waals surface area contributed by atoms with Gasteiger partial charge in [0, 0.05) is 22.7 Å². The lowest BCUT2D eigenvalue weighted by molar-refractivity contribution is 0.0964. The second-order valence-corrected chi connectivity index (χ2v) is 5.42. The molecule has 2 aromatic carbocycles. The van der Waals surface area contributed by atoms with Gasteiger partial charge in [0.05, 0.1) is 17.3 Å². The molecule has 0 fully saturated rings. The van der Waals surface area contributed by atoms with E-state index in [1.54, 1.807) is 29.0 Å². The molecule has 0 aliphatic rings. The molecular weight excluding hydrogens is 302 g/mol. The first-order chi connectivity index (χ1) is 11.8. The molecule has 0 amide bonds. The van der Waals surface area contributed by atoms with E-state index in [0.717, 1.165) is 22.8 Å². The molecular formula is C20H13NO3. The molecule has 0 radical (unpaired) electrons. The summed E-state index contributed by atoms with van der Waals surface area (Å²) in [6.07, 6.45) is 3.96. The summed E-state index contributed by atoms with van der Waals surface area (Å²) in [5.74, 6) is 0.345. The highest BCUT2D eigenvalue weighted by atomic mass is 16.3. The third-order valence-corrected chi connectivity index (χ3v) is 4.02. The zero-order valence-electron chi connectivity index (χ0n) is 12.7. The summed E-state index contributed by atoms with van der Waals surface area (Å²) in [7, 11) is 0.